The van der Waals surface area contributed by atoms with Gasteiger partial charge in [0.05, 0.1) is 0 Å². The number of halogens is 1. The topological polar surface area (TPSA) is 26.3 Å². The molecule has 1 saturated carbocycles. The Morgan fingerprint density at radius 1 is 1.40 bits per heavy atom. The van der Waals surface area contributed by atoms with E-state index in [1.807, 2.05) is 0 Å². The number of hydrogen-bond acceptors (Lipinski definition) is 2. The van der Waals surface area contributed by atoms with Gasteiger partial charge in [0.2, 0.25) is 0 Å². The standard InChI is InChI=1S/C6H11FO2P/c7-5-3-1-2-4-6(5)9-10-8/h5-6,10H,1-4H2/q+1. The van der Waals surface area contributed by atoms with Gasteiger partial charge < -0.3 is 0 Å². The van der Waals surface area contributed by atoms with Gasteiger partial charge in [0.15, 0.2) is 0 Å². The summed E-state index contributed by atoms with van der Waals surface area (Å²) in [4.78, 5) is 0. The van der Waals surface area contributed by atoms with E-state index in [-0.39, 0.29) is 0 Å². The quantitative estimate of drug-likeness (QED) is 0.586. The zero-order valence-electron chi connectivity index (χ0n) is 5.68. The molecular weight excluding hydrogens is 154 g/mol. The van der Waals surface area contributed by atoms with Crippen molar-refractivity contribution in [1.82, 2.24) is 0 Å². The fourth-order valence-electron chi connectivity index (χ4n) is 1.25. The number of rotatable bonds is 2. The molecule has 3 atom stereocenters. The van der Waals surface area contributed by atoms with Gasteiger partial charge in [-0.2, -0.15) is 0 Å². The molecule has 4 heteroatoms. The minimum atomic E-state index is -0.893. The highest BCUT2D eigenvalue weighted by Gasteiger charge is 2.28. The number of hydrogen-bond donors (Lipinski definition) is 0. The van der Waals surface area contributed by atoms with Crippen LogP contribution in [0.3, 0.4) is 0 Å². The molecule has 0 spiro atoms. The largest absolute Gasteiger partial charge is 0.494 e. The minimum absolute atomic E-state index is 0.399. The van der Waals surface area contributed by atoms with Crippen LogP contribution in [-0.2, 0) is 9.09 Å². The summed E-state index contributed by atoms with van der Waals surface area (Å²) in [5, 5.41) is 0. The average molecular weight is 165 g/mol. The summed E-state index contributed by atoms with van der Waals surface area (Å²) in [6, 6.07) is 0. The van der Waals surface area contributed by atoms with Gasteiger partial charge in [0.25, 0.3) is 0 Å². The highest BCUT2D eigenvalue weighted by molar-refractivity contribution is 7.17. The molecule has 0 amide bonds. The average Bonchev–Trinajstić information content (AvgIpc) is 1.94. The molecule has 1 aliphatic carbocycles. The Balaban J connectivity index is 2.32. The van der Waals surface area contributed by atoms with Gasteiger partial charge >= 0.3 is 8.69 Å². The van der Waals surface area contributed by atoms with E-state index in [4.69, 9.17) is 4.52 Å². The summed E-state index contributed by atoms with van der Waals surface area (Å²) in [6.45, 7) is 0. The van der Waals surface area contributed by atoms with Crippen LogP contribution >= 0.6 is 8.69 Å². The van der Waals surface area contributed by atoms with Crippen LogP contribution in [0.2, 0.25) is 0 Å². The molecule has 0 radical (unpaired) electrons. The molecular formula is C6H11FO2P+. The second kappa shape index (κ2) is 3.99. The molecule has 58 valence electrons. The first-order valence-electron chi connectivity index (χ1n) is 3.51. The van der Waals surface area contributed by atoms with Crippen molar-refractivity contribution in [2.24, 2.45) is 0 Å². The summed E-state index contributed by atoms with van der Waals surface area (Å²) < 4.78 is 27.5. The van der Waals surface area contributed by atoms with Crippen molar-refractivity contribution in [3.63, 3.8) is 0 Å². The van der Waals surface area contributed by atoms with E-state index in [1.54, 1.807) is 0 Å². The van der Waals surface area contributed by atoms with E-state index in [0.29, 0.717) is 6.42 Å². The van der Waals surface area contributed by atoms with Crippen LogP contribution in [0.25, 0.3) is 0 Å². The van der Waals surface area contributed by atoms with Gasteiger partial charge in [-0.1, -0.05) is 12.8 Å². The molecule has 1 fully saturated rings. The van der Waals surface area contributed by atoms with Crippen molar-refractivity contribution in [3.8, 4) is 0 Å². The van der Waals surface area contributed by atoms with Crippen LogP contribution < -0.4 is 0 Å². The summed E-state index contributed by atoms with van der Waals surface area (Å²) in [5.74, 6) is 0. The van der Waals surface area contributed by atoms with Gasteiger partial charge in [-0.25, -0.2) is 4.39 Å². The Hall–Kier alpha value is -0.0100. The first-order valence-corrected chi connectivity index (χ1v) is 4.33. The van der Waals surface area contributed by atoms with Crippen LogP contribution in [0.5, 0.6) is 0 Å². The molecule has 0 saturated heterocycles. The maximum Gasteiger partial charge on any atom is 0.494 e. The van der Waals surface area contributed by atoms with Crippen molar-refractivity contribution in [2.75, 3.05) is 0 Å². The molecule has 2 nitrogen and oxygen atoms in total. The highest BCUT2D eigenvalue weighted by Crippen LogP contribution is 2.25. The normalized spacial score (nSPS) is 34.5. The summed E-state index contributed by atoms with van der Waals surface area (Å²) in [6.07, 6.45) is 1.92. The predicted octanol–water partition coefficient (Wildman–Crippen LogP) is 2.22. The molecule has 0 heterocycles. The lowest BCUT2D eigenvalue weighted by Gasteiger charge is -2.19. The van der Waals surface area contributed by atoms with Crippen LogP contribution in [0, 0.1) is 0 Å². The lowest BCUT2D eigenvalue weighted by Crippen LogP contribution is -2.26. The van der Waals surface area contributed by atoms with Crippen LogP contribution in [-0.4, -0.2) is 12.3 Å². The summed E-state index contributed by atoms with van der Waals surface area (Å²) in [5.41, 5.74) is 0. The maximum absolute atomic E-state index is 12.8. The van der Waals surface area contributed by atoms with Crippen LogP contribution in [0.1, 0.15) is 25.7 Å². The monoisotopic (exact) mass is 165 g/mol. The molecule has 10 heavy (non-hydrogen) atoms. The van der Waals surface area contributed by atoms with Gasteiger partial charge in [0, 0.05) is 0 Å². The van der Waals surface area contributed by atoms with Gasteiger partial charge in [-0.15, -0.1) is 4.52 Å². The molecule has 0 aromatic rings. The first kappa shape index (κ1) is 8.09. The smallest absolute Gasteiger partial charge is 0.244 e. The Morgan fingerprint density at radius 2 is 2.10 bits per heavy atom. The van der Waals surface area contributed by atoms with E-state index in [9.17, 15) is 8.96 Å². The SMILES string of the molecule is O=[PH+]OC1CCCCC1F. The van der Waals surface area contributed by atoms with E-state index in [0.717, 1.165) is 19.3 Å². The zero-order valence-corrected chi connectivity index (χ0v) is 6.68. The third-order valence-corrected chi connectivity index (χ3v) is 2.22. The fraction of sp³-hybridized carbons (Fsp3) is 1.00. The zero-order chi connectivity index (χ0) is 7.40. The Labute approximate surface area is 61.0 Å². The minimum Gasteiger partial charge on any atom is -0.244 e. The highest BCUT2D eigenvalue weighted by atomic mass is 31.1. The molecule has 0 aromatic carbocycles. The van der Waals surface area contributed by atoms with E-state index in [2.05, 4.69) is 0 Å². The maximum atomic E-state index is 12.8. The second-order valence-electron chi connectivity index (χ2n) is 2.54. The van der Waals surface area contributed by atoms with Crippen molar-refractivity contribution in [3.05, 3.63) is 0 Å². The third-order valence-electron chi connectivity index (χ3n) is 1.82. The second-order valence-corrected chi connectivity index (χ2v) is 2.94. The van der Waals surface area contributed by atoms with E-state index >= 15 is 0 Å². The van der Waals surface area contributed by atoms with E-state index < -0.39 is 21.0 Å². The van der Waals surface area contributed by atoms with Crippen molar-refractivity contribution in [1.29, 1.82) is 0 Å². The summed E-state index contributed by atoms with van der Waals surface area (Å²) in [7, 11) is -0.815. The third kappa shape index (κ3) is 1.99. The molecule has 0 bridgehead atoms. The molecule has 0 aliphatic heterocycles. The molecule has 0 N–H and O–H groups in total. The Kier molecular flexibility index (Phi) is 3.23. The Bertz CT molecular complexity index is 120. The number of alkyl halides is 1. The van der Waals surface area contributed by atoms with Gasteiger partial charge in [-0.05, 0) is 17.4 Å². The first-order chi connectivity index (χ1) is 4.84. The van der Waals surface area contributed by atoms with Crippen LogP contribution in [0.4, 0.5) is 4.39 Å². The summed E-state index contributed by atoms with van der Waals surface area (Å²) >= 11 is 0. The van der Waals surface area contributed by atoms with E-state index in [1.165, 1.54) is 0 Å². The predicted molar refractivity (Wildman–Crippen MR) is 37.2 cm³/mol. The van der Waals surface area contributed by atoms with Gasteiger partial charge in [0.1, 0.15) is 12.3 Å². The van der Waals surface area contributed by atoms with Crippen molar-refractivity contribution < 1.29 is 13.5 Å². The molecule has 0 aromatic heterocycles. The molecule has 1 aliphatic rings. The van der Waals surface area contributed by atoms with Crippen molar-refractivity contribution >= 4 is 8.69 Å². The Morgan fingerprint density at radius 3 is 2.70 bits per heavy atom. The lowest BCUT2D eigenvalue weighted by atomic mass is 9.96. The van der Waals surface area contributed by atoms with Crippen LogP contribution in [0.15, 0.2) is 0 Å². The lowest BCUT2D eigenvalue weighted by molar-refractivity contribution is 0.0742. The molecule has 1 rings (SSSR count). The fourth-order valence-corrected chi connectivity index (χ4v) is 1.64. The van der Waals surface area contributed by atoms with Crippen molar-refractivity contribution in [2.45, 2.75) is 38.0 Å². The molecule has 3 unspecified atom stereocenters. The van der Waals surface area contributed by atoms with Gasteiger partial charge in [-0.3, -0.25) is 0 Å².